The Kier molecular flexibility index (Phi) is 7.00. The molecule has 1 saturated heterocycles. The maximum absolute atomic E-state index is 14.6. The summed E-state index contributed by atoms with van der Waals surface area (Å²) in [6, 6.07) is 11.2. The monoisotopic (exact) mass is 548 g/mol. The maximum atomic E-state index is 14.6. The van der Waals surface area contributed by atoms with E-state index in [0.717, 1.165) is 32.8 Å². The zero-order valence-corrected chi connectivity index (χ0v) is 22.3. The number of esters is 1. The molecule has 9 nitrogen and oxygen atoms in total. The average molecular weight is 549 g/mol. The zero-order chi connectivity index (χ0) is 27.8. The summed E-state index contributed by atoms with van der Waals surface area (Å²) in [4.78, 5) is 53.9. The fourth-order valence-corrected chi connectivity index (χ4v) is 5.46. The van der Waals surface area contributed by atoms with Gasteiger partial charge in [-0.3, -0.25) is 14.4 Å². The minimum absolute atomic E-state index is 0.00463. The van der Waals surface area contributed by atoms with Gasteiger partial charge in [-0.1, -0.05) is 18.2 Å². The lowest BCUT2D eigenvalue weighted by atomic mass is 10.1. The van der Waals surface area contributed by atoms with Crippen molar-refractivity contribution in [1.29, 1.82) is 0 Å². The molecule has 200 valence electrons. The third kappa shape index (κ3) is 4.81. The van der Waals surface area contributed by atoms with Gasteiger partial charge >= 0.3 is 5.97 Å². The minimum atomic E-state index is -0.784. The number of amides is 2. The van der Waals surface area contributed by atoms with Gasteiger partial charge in [0, 0.05) is 29.4 Å². The molecule has 1 unspecified atom stereocenters. The van der Waals surface area contributed by atoms with Crippen LogP contribution in [-0.2, 0) is 14.3 Å². The first-order chi connectivity index (χ1) is 18.7. The first-order valence-electron chi connectivity index (χ1n) is 12.3. The number of halogens is 1. The number of para-hydroxylation sites is 1. The molecule has 0 aliphatic carbocycles. The van der Waals surface area contributed by atoms with Crippen molar-refractivity contribution in [2.45, 2.75) is 27.2 Å². The van der Waals surface area contributed by atoms with Crippen LogP contribution in [0.2, 0.25) is 0 Å². The number of hydrogen-bond donors (Lipinski definition) is 1. The van der Waals surface area contributed by atoms with Crippen molar-refractivity contribution in [3.63, 3.8) is 0 Å². The van der Waals surface area contributed by atoms with Crippen LogP contribution in [-0.4, -0.2) is 40.7 Å². The SMILES string of the molecule is CCOC(=O)c1nn(-c2ccccc2F)c(=O)c2c(NC(=O)C3CC(=O)N(c4ccc(C)c(C)c4)C3)scc12. The summed E-state index contributed by atoms with van der Waals surface area (Å²) >= 11 is 1.04. The summed E-state index contributed by atoms with van der Waals surface area (Å²) in [6.07, 6.45) is 0.0111. The summed E-state index contributed by atoms with van der Waals surface area (Å²) in [5.41, 5.74) is 1.82. The van der Waals surface area contributed by atoms with Gasteiger partial charge in [0.2, 0.25) is 11.8 Å². The van der Waals surface area contributed by atoms with E-state index < -0.39 is 29.2 Å². The van der Waals surface area contributed by atoms with Gasteiger partial charge in [-0.2, -0.15) is 9.78 Å². The smallest absolute Gasteiger partial charge is 0.359 e. The van der Waals surface area contributed by atoms with Gasteiger partial charge in [0.25, 0.3) is 5.56 Å². The van der Waals surface area contributed by atoms with E-state index >= 15 is 0 Å². The van der Waals surface area contributed by atoms with Crippen LogP contribution in [0.15, 0.2) is 52.6 Å². The number of thiophene rings is 1. The van der Waals surface area contributed by atoms with Crippen molar-refractivity contribution in [2.75, 3.05) is 23.4 Å². The van der Waals surface area contributed by atoms with Crippen LogP contribution in [0.25, 0.3) is 16.5 Å². The van der Waals surface area contributed by atoms with Gasteiger partial charge in [-0.15, -0.1) is 11.3 Å². The number of benzene rings is 2. The number of hydrogen-bond acceptors (Lipinski definition) is 7. The lowest BCUT2D eigenvalue weighted by molar-refractivity contribution is -0.122. The molecule has 0 saturated carbocycles. The molecule has 4 aromatic rings. The largest absolute Gasteiger partial charge is 0.461 e. The summed E-state index contributed by atoms with van der Waals surface area (Å²) in [5, 5.41) is 8.78. The predicted octanol–water partition coefficient (Wildman–Crippen LogP) is 4.37. The van der Waals surface area contributed by atoms with Crippen molar-refractivity contribution in [1.82, 2.24) is 9.78 Å². The van der Waals surface area contributed by atoms with Crippen LogP contribution in [0.1, 0.15) is 35.0 Å². The summed E-state index contributed by atoms with van der Waals surface area (Å²) in [5.74, 6) is -2.77. The van der Waals surface area contributed by atoms with Crippen LogP contribution < -0.4 is 15.8 Å². The summed E-state index contributed by atoms with van der Waals surface area (Å²) in [7, 11) is 0. The number of aryl methyl sites for hydroxylation is 2. The molecule has 1 atom stereocenters. The summed E-state index contributed by atoms with van der Waals surface area (Å²) in [6.45, 7) is 5.83. The van der Waals surface area contributed by atoms with Crippen LogP contribution >= 0.6 is 11.3 Å². The fourth-order valence-electron chi connectivity index (χ4n) is 4.52. The van der Waals surface area contributed by atoms with Crippen molar-refractivity contribution in [3.8, 4) is 5.69 Å². The normalized spacial score (nSPS) is 15.1. The number of nitrogens with one attached hydrogen (secondary N) is 1. The lowest BCUT2D eigenvalue weighted by Gasteiger charge is -2.18. The molecule has 2 amide bonds. The van der Waals surface area contributed by atoms with E-state index in [4.69, 9.17) is 4.74 Å². The molecule has 2 aromatic heterocycles. The Morgan fingerprint density at radius 3 is 2.64 bits per heavy atom. The Hall–Kier alpha value is -4.38. The molecule has 3 heterocycles. The van der Waals surface area contributed by atoms with Crippen molar-refractivity contribution < 1.29 is 23.5 Å². The van der Waals surface area contributed by atoms with Crippen molar-refractivity contribution >= 4 is 50.6 Å². The molecule has 1 aliphatic rings. The molecule has 0 bridgehead atoms. The van der Waals surface area contributed by atoms with Crippen LogP contribution in [0.4, 0.5) is 15.1 Å². The van der Waals surface area contributed by atoms with E-state index in [1.54, 1.807) is 11.8 Å². The third-order valence-electron chi connectivity index (χ3n) is 6.74. The number of nitrogens with zero attached hydrogens (tertiary/aromatic N) is 3. The second-order valence-corrected chi connectivity index (χ2v) is 10.1. The molecule has 11 heteroatoms. The molecule has 1 fully saturated rings. The quantitative estimate of drug-likeness (QED) is 0.358. The van der Waals surface area contributed by atoms with E-state index in [1.165, 1.54) is 29.6 Å². The van der Waals surface area contributed by atoms with Gasteiger partial charge in [0.15, 0.2) is 5.69 Å². The topological polar surface area (TPSA) is 111 Å². The highest BCUT2D eigenvalue weighted by Gasteiger charge is 2.36. The van der Waals surface area contributed by atoms with Crippen LogP contribution in [0.5, 0.6) is 0 Å². The van der Waals surface area contributed by atoms with E-state index in [1.807, 2.05) is 32.0 Å². The van der Waals surface area contributed by atoms with Gasteiger partial charge < -0.3 is 15.0 Å². The van der Waals surface area contributed by atoms with E-state index in [0.29, 0.717) is 0 Å². The predicted molar refractivity (Wildman–Crippen MR) is 146 cm³/mol. The fraction of sp³-hybridized carbons (Fsp3) is 0.250. The number of aromatic nitrogens is 2. The Labute approximate surface area is 226 Å². The molecular weight excluding hydrogens is 523 g/mol. The van der Waals surface area contributed by atoms with Gasteiger partial charge in [-0.25, -0.2) is 9.18 Å². The molecule has 39 heavy (non-hydrogen) atoms. The highest BCUT2D eigenvalue weighted by Crippen LogP contribution is 2.33. The molecule has 0 radical (unpaired) electrons. The second kappa shape index (κ2) is 10.4. The Morgan fingerprint density at radius 2 is 1.92 bits per heavy atom. The highest BCUT2D eigenvalue weighted by atomic mass is 32.1. The standard InChI is InChI=1S/C28H25FN4O5S/c1-4-38-28(37)24-19-14-39-26(23(19)27(36)33(31-24)21-8-6-5-7-20(21)29)30-25(35)17-12-22(34)32(13-17)18-10-9-15(2)16(3)11-18/h5-11,14,17H,4,12-13H2,1-3H3,(H,30,35). The van der Waals surface area contributed by atoms with Gasteiger partial charge in [0.05, 0.1) is 17.9 Å². The zero-order valence-electron chi connectivity index (χ0n) is 21.5. The highest BCUT2D eigenvalue weighted by molar-refractivity contribution is 7.16. The number of anilines is 2. The van der Waals surface area contributed by atoms with Crippen molar-refractivity contribution in [2.24, 2.45) is 5.92 Å². The van der Waals surface area contributed by atoms with E-state index in [-0.39, 0.29) is 52.6 Å². The van der Waals surface area contributed by atoms with Gasteiger partial charge in [0.1, 0.15) is 16.5 Å². The molecule has 1 N–H and O–H groups in total. The Morgan fingerprint density at radius 1 is 1.15 bits per heavy atom. The Balaban J connectivity index is 1.50. The first kappa shape index (κ1) is 26.2. The number of carbonyl (C=O) groups excluding carboxylic acids is 3. The maximum Gasteiger partial charge on any atom is 0.359 e. The van der Waals surface area contributed by atoms with Crippen LogP contribution in [0.3, 0.4) is 0 Å². The number of ether oxygens (including phenoxy) is 1. The lowest BCUT2D eigenvalue weighted by Crippen LogP contribution is -2.29. The Bertz CT molecular complexity index is 1700. The summed E-state index contributed by atoms with van der Waals surface area (Å²) < 4.78 is 20.5. The molecule has 0 spiro atoms. The van der Waals surface area contributed by atoms with E-state index in [2.05, 4.69) is 10.4 Å². The van der Waals surface area contributed by atoms with Crippen molar-refractivity contribution in [3.05, 3.63) is 80.8 Å². The average Bonchev–Trinajstić information content (AvgIpc) is 3.51. The van der Waals surface area contributed by atoms with E-state index in [9.17, 15) is 23.6 Å². The molecule has 5 rings (SSSR count). The molecule has 2 aromatic carbocycles. The van der Waals surface area contributed by atoms with Crippen LogP contribution in [0, 0.1) is 25.6 Å². The second-order valence-electron chi connectivity index (χ2n) is 9.25. The molecular formula is C28H25FN4O5S. The third-order valence-corrected chi connectivity index (χ3v) is 7.63. The molecule has 1 aliphatic heterocycles. The number of rotatable bonds is 6. The number of fused-ring (bicyclic) bond motifs is 1. The van der Waals surface area contributed by atoms with Gasteiger partial charge in [-0.05, 0) is 56.2 Å². The first-order valence-corrected chi connectivity index (χ1v) is 13.2. The minimum Gasteiger partial charge on any atom is -0.461 e. The number of carbonyl (C=O) groups is 3.